The van der Waals surface area contributed by atoms with E-state index in [1.54, 1.807) is 18.0 Å². The molecule has 0 amide bonds. The molecule has 1 aromatic heterocycles. The van der Waals surface area contributed by atoms with Gasteiger partial charge in [0.15, 0.2) is 5.16 Å². The molecule has 2 rings (SSSR count). The van der Waals surface area contributed by atoms with Gasteiger partial charge in [-0.25, -0.2) is 4.98 Å². The average molecular weight is 283 g/mol. The fourth-order valence-electron chi connectivity index (χ4n) is 1.70. The lowest BCUT2D eigenvalue weighted by Gasteiger charge is -2.10. The van der Waals surface area contributed by atoms with E-state index in [0.717, 1.165) is 27.2 Å². The maximum absolute atomic E-state index is 9.33. The van der Waals surface area contributed by atoms with Crippen LogP contribution < -0.4 is 0 Å². The normalized spacial score (nSPS) is 10.8. The largest absolute Gasteiger partial charge is 0.390 e. The smallest absolute Gasteiger partial charge is 0.168 e. The number of benzene rings is 1. The van der Waals surface area contributed by atoms with Crippen molar-refractivity contribution in [1.82, 2.24) is 9.55 Å². The van der Waals surface area contributed by atoms with Gasteiger partial charge in [-0.2, -0.15) is 0 Å². The highest BCUT2D eigenvalue weighted by Crippen LogP contribution is 2.20. The van der Waals surface area contributed by atoms with Gasteiger partial charge in [-0.15, -0.1) is 0 Å². The summed E-state index contributed by atoms with van der Waals surface area (Å²) in [5, 5.41) is 11.0. The van der Waals surface area contributed by atoms with E-state index in [1.165, 1.54) is 0 Å². The molecule has 1 aromatic carbocycles. The first-order chi connectivity index (χ1) is 8.74. The van der Waals surface area contributed by atoms with Gasteiger partial charge in [-0.05, 0) is 23.4 Å². The van der Waals surface area contributed by atoms with Crippen LogP contribution in [0.4, 0.5) is 0 Å². The SMILES string of the molecule is CCSc1ncc(CO)n1Cc1ccc(Cl)cc1. The molecule has 0 atom stereocenters. The number of aromatic nitrogens is 2. The summed E-state index contributed by atoms with van der Waals surface area (Å²) >= 11 is 7.55. The van der Waals surface area contributed by atoms with Gasteiger partial charge in [-0.1, -0.05) is 42.4 Å². The van der Waals surface area contributed by atoms with Crippen molar-refractivity contribution in [2.75, 3.05) is 5.75 Å². The lowest BCUT2D eigenvalue weighted by atomic mass is 10.2. The van der Waals surface area contributed by atoms with Crippen LogP contribution in [0, 0.1) is 0 Å². The molecule has 0 aliphatic rings. The topological polar surface area (TPSA) is 38.1 Å². The van der Waals surface area contributed by atoms with Gasteiger partial charge in [0.25, 0.3) is 0 Å². The Kier molecular flexibility index (Phi) is 4.69. The summed E-state index contributed by atoms with van der Waals surface area (Å²) < 4.78 is 2.04. The molecule has 2 aromatic rings. The Bertz CT molecular complexity index is 510. The average Bonchev–Trinajstić information content (AvgIpc) is 2.75. The molecular formula is C13H15ClN2OS. The molecule has 0 aliphatic heterocycles. The summed E-state index contributed by atoms with van der Waals surface area (Å²) in [4.78, 5) is 4.33. The minimum atomic E-state index is 0.00483. The lowest BCUT2D eigenvalue weighted by Crippen LogP contribution is -2.06. The zero-order valence-electron chi connectivity index (χ0n) is 10.1. The summed E-state index contributed by atoms with van der Waals surface area (Å²) in [6.45, 7) is 2.80. The van der Waals surface area contributed by atoms with Gasteiger partial charge < -0.3 is 9.67 Å². The number of aliphatic hydroxyl groups is 1. The molecule has 0 aliphatic carbocycles. The van der Waals surface area contributed by atoms with Gasteiger partial charge in [0.1, 0.15) is 0 Å². The lowest BCUT2D eigenvalue weighted by molar-refractivity contribution is 0.270. The molecular weight excluding hydrogens is 268 g/mol. The first-order valence-corrected chi connectivity index (χ1v) is 7.13. The zero-order chi connectivity index (χ0) is 13.0. The third-order valence-electron chi connectivity index (χ3n) is 2.59. The quantitative estimate of drug-likeness (QED) is 0.856. The molecule has 3 nitrogen and oxygen atoms in total. The zero-order valence-corrected chi connectivity index (χ0v) is 11.7. The predicted molar refractivity (Wildman–Crippen MR) is 75.1 cm³/mol. The fraction of sp³-hybridized carbons (Fsp3) is 0.308. The Morgan fingerprint density at radius 3 is 2.67 bits per heavy atom. The van der Waals surface area contributed by atoms with Crippen molar-refractivity contribution in [1.29, 1.82) is 0 Å². The molecule has 0 bridgehead atoms. The molecule has 0 saturated heterocycles. The summed E-state index contributed by atoms with van der Waals surface area (Å²) in [5.41, 5.74) is 1.98. The molecule has 96 valence electrons. The van der Waals surface area contributed by atoms with Gasteiger partial charge >= 0.3 is 0 Å². The number of nitrogens with zero attached hydrogens (tertiary/aromatic N) is 2. The number of halogens is 1. The Hall–Kier alpha value is -0.970. The van der Waals surface area contributed by atoms with Crippen LogP contribution in [0.25, 0.3) is 0 Å². The number of imidazole rings is 1. The molecule has 0 radical (unpaired) electrons. The van der Waals surface area contributed by atoms with Crippen LogP contribution in [0.3, 0.4) is 0 Å². The standard InChI is InChI=1S/C13H15ClN2OS/c1-2-18-13-15-7-12(9-17)16(13)8-10-3-5-11(14)6-4-10/h3-7,17H,2,8-9H2,1H3. The summed E-state index contributed by atoms with van der Waals surface area (Å²) in [5.74, 6) is 0.961. The summed E-state index contributed by atoms with van der Waals surface area (Å²) in [6, 6.07) is 7.73. The monoisotopic (exact) mass is 282 g/mol. The van der Waals surface area contributed by atoms with E-state index in [-0.39, 0.29) is 6.61 Å². The molecule has 0 fully saturated rings. The third kappa shape index (κ3) is 3.07. The molecule has 0 unspecified atom stereocenters. The van der Waals surface area contributed by atoms with Crippen LogP contribution >= 0.6 is 23.4 Å². The Labute approximate surface area is 116 Å². The second-order valence-electron chi connectivity index (χ2n) is 3.84. The van der Waals surface area contributed by atoms with Gasteiger partial charge in [0, 0.05) is 11.6 Å². The maximum atomic E-state index is 9.33. The van der Waals surface area contributed by atoms with E-state index in [4.69, 9.17) is 11.6 Å². The maximum Gasteiger partial charge on any atom is 0.168 e. The van der Waals surface area contributed by atoms with Crippen molar-refractivity contribution in [3.8, 4) is 0 Å². The van der Waals surface area contributed by atoms with Crippen molar-refractivity contribution in [3.05, 3.63) is 46.7 Å². The number of aliphatic hydroxyl groups excluding tert-OH is 1. The van der Waals surface area contributed by atoms with E-state index in [9.17, 15) is 5.11 Å². The minimum absolute atomic E-state index is 0.00483. The fourth-order valence-corrected chi connectivity index (χ4v) is 2.55. The second kappa shape index (κ2) is 6.27. The van der Waals surface area contributed by atoms with Crippen molar-refractivity contribution in [2.24, 2.45) is 0 Å². The predicted octanol–water partition coefficient (Wildman–Crippen LogP) is 3.19. The Morgan fingerprint density at radius 1 is 1.33 bits per heavy atom. The van der Waals surface area contributed by atoms with Gasteiger partial charge in [0.2, 0.25) is 0 Å². The van der Waals surface area contributed by atoms with Crippen LogP contribution in [0.5, 0.6) is 0 Å². The van der Waals surface area contributed by atoms with Crippen LogP contribution in [0.15, 0.2) is 35.6 Å². The van der Waals surface area contributed by atoms with E-state index in [0.29, 0.717) is 6.54 Å². The molecule has 5 heteroatoms. The molecule has 18 heavy (non-hydrogen) atoms. The van der Waals surface area contributed by atoms with Crippen molar-refractivity contribution in [2.45, 2.75) is 25.2 Å². The summed E-state index contributed by atoms with van der Waals surface area (Å²) in [7, 11) is 0. The minimum Gasteiger partial charge on any atom is -0.390 e. The molecule has 0 saturated carbocycles. The van der Waals surface area contributed by atoms with Gasteiger partial charge in [-0.3, -0.25) is 0 Å². The van der Waals surface area contributed by atoms with Gasteiger partial charge in [0.05, 0.1) is 18.5 Å². The second-order valence-corrected chi connectivity index (χ2v) is 5.50. The first-order valence-electron chi connectivity index (χ1n) is 5.77. The van der Waals surface area contributed by atoms with Crippen LogP contribution in [-0.4, -0.2) is 20.4 Å². The molecule has 1 heterocycles. The van der Waals surface area contributed by atoms with Crippen LogP contribution in [0.1, 0.15) is 18.2 Å². The number of hydrogen-bond acceptors (Lipinski definition) is 3. The Morgan fingerprint density at radius 2 is 2.06 bits per heavy atom. The number of thioether (sulfide) groups is 1. The highest BCUT2D eigenvalue weighted by molar-refractivity contribution is 7.99. The third-order valence-corrected chi connectivity index (χ3v) is 3.72. The molecule has 1 N–H and O–H groups in total. The van der Waals surface area contributed by atoms with Crippen molar-refractivity contribution in [3.63, 3.8) is 0 Å². The highest BCUT2D eigenvalue weighted by Gasteiger charge is 2.09. The van der Waals surface area contributed by atoms with Crippen LogP contribution in [0.2, 0.25) is 5.02 Å². The number of hydrogen-bond donors (Lipinski definition) is 1. The first kappa shape index (κ1) is 13.5. The van der Waals surface area contributed by atoms with E-state index >= 15 is 0 Å². The summed E-state index contributed by atoms with van der Waals surface area (Å²) in [6.07, 6.45) is 1.73. The number of rotatable bonds is 5. The van der Waals surface area contributed by atoms with E-state index < -0.39 is 0 Å². The van der Waals surface area contributed by atoms with E-state index in [1.807, 2.05) is 28.8 Å². The Balaban J connectivity index is 2.26. The van der Waals surface area contributed by atoms with Crippen molar-refractivity contribution < 1.29 is 5.11 Å². The van der Waals surface area contributed by atoms with E-state index in [2.05, 4.69) is 11.9 Å². The van der Waals surface area contributed by atoms with Crippen molar-refractivity contribution >= 4 is 23.4 Å². The van der Waals surface area contributed by atoms with Crippen LogP contribution in [-0.2, 0) is 13.2 Å². The molecule has 0 spiro atoms. The highest BCUT2D eigenvalue weighted by atomic mass is 35.5.